The number of thiazole rings is 1. The van der Waals surface area contributed by atoms with Gasteiger partial charge in [0, 0.05) is 21.2 Å². The van der Waals surface area contributed by atoms with Gasteiger partial charge in [0.1, 0.15) is 18.1 Å². The molecule has 4 aromatic carbocycles. The fraction of sp³-hybridized carbons (Fsp3) is 0.143. The van der Waals surface area contributed by atoms with Crippen molar-refractivity contribution in [2.45, 2.75) is 25.5 Å². The molecule has 2 aliphatic rings. The highest BCUT2D eigenvalue weighted by molar-refractivity contribution is 7.07. The molecule has 8 heteroatoms. The number of halogens is 2. The maximum Gasteiger partial charge on any atom is 0.271 e. The highest BCUT2D eigenvalue weighted by Crippen LogP contribution is 2.41. The van der Waals surface area contributed by atoms with E-state index in [0.29, 0.717) is 31.7 Å². The largest absolute Gasteiger partial charge is 0.497 e. The number of methoxy groups -OCH3 is 1. The maximum absolute atomic E-state index is 14.1. The molecule has 0 bridgehead atoms. The third-order valence-corrected chi connectivity index (χ3v) is 9.44. The van der Waals surface area contributed by atoms with Gasteiger partial charge in [0.25, 0.3) is 5.56 Å². The normalized spacial score (nSPS) is 15.8. The first kappa shape index (κ1) is 27.7. The zero-order valence-corrected chi connectivity index (χ0v) is 25.5. The quantitative estimate of drug-likeness (QED) is 0.200. The van der Waals surface area contributed by atoms with E-state index < -0.39 is 0 Å². The molecule has 0 saturated carbocycles. The van der Waals surface area contributed by atoms with E-state index in [1.54, 1.807) is 19.2 Å². The Morgan fingerprint density at radius 2 is 1.79 bits per heavy atom. The highest BCUT2D eigenvalue weighted by Gasteiger charge is 2.32. The number of benzene rings is 4. The summed E-state index contributed by atoms with van der Waals surface area (Å²) in [5, 5.41) is 1.14. The summed E-state index contributed by atoms with van der Waals surface area (Å²) in [5.41, 5.74) is 7.25. The molecule has 0 radical (unpaired) electrons. The Bertz CT molecular complexity index is 2080. The minimum atomic E-state index is -0.244. The van der Waals surface area contributed by atoms with Gasteiger partial charge in [-0.2, -0.15) is 0 Å². The van der Waals surface area contributed by atoms with Crippen molar-refractivity contribution in [1.29, 1.82) is 0 Å². The van der Waals surface area contributed by atoms with Crippen molar-refractivity contribution >= 4 is 46.3 Å². The summed E-state index contributed by atoms with van der Waals surface area (Å²) in [6.07, 6.45) is 3.66. The van der Waals surface area contributed by atoms with Crippen molar-refractivity contribution in [2.75, 3.05) is 7.11 Å². The molecule has 7 rings (SSSR count). The smallest absolute Gasteiger partial charge is 0.271 e. The van der Waals surface area contributed by atoms with E-state index in [2.05, 4.69) is 24.3 Å². The zero-order valence-electron chi connectivity index (χ0n) is 23.2. The van der Waals surface area contributed by atoms with E-state index in [-0.39, 0.29) is 11.6 Å². The number of rotatable bonds is 6. The van der Waals surface area contributed by atoms with Gasteiger partial charge in [-0.3, -0.25) is 9.36 Å². The zero-order chi connectivity index (χ0) is 29.5. The van der Waals surface area contributed by atoms with E-state index in [0.717, 1.165) is 46.5 Å². The maximum atomic E-state index is 14.1. The fourth-order valence-corrected chi connectivity index (χ4v) is 7.22. The van der Waals surface area contributed by atoms with Crippen LogP contribution in [0.15, 0.2) is 106 Å². The molecule has 43 heavy (non-hydrogen) atoms. The van der Waals surface area contributed by atoms with Crippen LogP contribution in [0.4, 0.5) is 0 Å². The summed E-state index contributed by atoms with van der Waals surface area (Å²) < 4.78 is 13.9. The van der Waals surface area contributed by atoms with E-state index in [9.17, 15) is 4.79 Å². The Hall–Kier alpha value is -4.10. The van der Waals surface area contributed by atoms with Crippen LogP contribution >= 0.6 is 34.5 Å². The van der Waals surface area contributed by atoms with Crippen LogP contribution in [0.2, 0.25) is 10.0 Å². The number of aromatic nitrogens is 1. The van der Waals surface area contributed by atoms with Gasteiger partial charge in [0.15, 0.2) is 4.80 Å². The standard InChI is InChI=1S/C35H26Cl2N2O3S/c1-41-26-14-10-23(11-15-26)33-29-16-12-22-6-2-3-8-28(22)32(29)38-35-39(33)34(40)31(43-35)18-21-5-4-7-27(17-21)42-20-24-9-13-25(36)19-30(24)37/h2-11,13-15,17-19,33H,12,16,20H2,1H3/b31-18+/t33-/m1/s1. The van der Waals surface area contributed by atoms with Gasteiger partial charge in [-0.15, -0.1) is 0 Å². The van der Waals surface area contributed by atoms with E-state index in [1.165, 1.54) is 22.5 Å². The number of hydrogen-bond donors (Lipinski definition) is 0. The second-order valence-corrected chi connectivity index (χ2v) is 12.3. The second kappa shape index (κ2) is 11.5. The van der Waals surface area contributed by atoms with Crippen LogP contribution in [0.5, 0.6) is 11.5 Å². The van der Waals surface area contributed by atoms with Gasteiger partial charge in [-0.05, 0) is 77.6 Å². The van der Waals surface area contributed by atoms with Crippen LogP contribution in [-0.4, -0.2) is 11.7 Å². The van der Waals surface area contributed by atoms with Crippen molar-refractivity contribution in [1.82, 2.24) is 4.57 Å². The third kappa shape index (κ3) is 5.31. The van der Waals surface area contributed by atoms with Crippen molar-refractivity contribution < 1.29 is 9.47 Å². The van der Waals surface area contributed by atoms with Crippen molar-refractivity contribution in [3.8, 4) is 11.5 Å². The number of nitrogens with zero attached hydrogens (tertiary/aromatic N) is 2. The van der Waals surface area contributed by atoms with Crippen molar-refractivity contribution in [3.63, 3.8) is 0 Å². The predicted octanol–water partition coefficient (Wildman–Crippen LogP) is 7.21. The molecule has 0 amide bonds. The van der Waals surface area contributed by atoms with Gasteiger partial charge in [-0.25, -0.2) is 4.99 Å². The molecule has 1 aliphatic carbocycles. The first-order valence-electron chi connectivity index (χ1n) is 13.9. The van der Waals surface area contributed by atoms with Crippen LogP contribution in [0.3, 0.4) is 0 Å². The lowest BCUT2D eigenvalue weighted by molar-refractivity contribution is 0.306. The number of ether oxygens (including phenoxy) is 2. The highest BCUT2D eigenvalue weighted by atomic mass is 35.5. The van der Waals surface area contributed by atoms with Crippen LogP contribution in [0.1, 0.15) is 40.3 Å². The first-order chi connectivity index (χ1) is 21.0. The molecule has 5 nitrogen and oxygen atoms in total. The predicted molar refractivity (Wildman–Crippen MR) is 173 cm³/mol. The summed E-state index contributed by atoms with van der Waals surface area (Å²) in [5.74, 6) is 1.45. The summed E-state index contributed by atoms with van der Waals surface area (Å²) in [6.45, 7) is 0.302. The minimum Gasteiger partial charge on any atom is -0.497 e. The third-order valence-electron chi connectivity index (χ3n) is 7.87. The van der Waals surface area contributed by atoms with E-state index in [4.69, 9.17) is 37.7 Å². The van der Waals surface area contributed by atoms with Gasteiger partial charge in [0.2, 0.25) is 0 Å². The number of allylic oxidation sites excluding steroid dienone is 1. The molecule has 5 aromatic rings. The second-order valence-electron chi connectivity index (χ2n) is 10.5. The summed E-state index contributed by atoms with van der Waals surface area (Å²) >= 11 is 13.8. The summed E-state index contributed by atoms with van der Waals surface area (Å²) in [4.78, 5) is 19.9. The SMILES string of the molecule is COc1ccc([C@@H]2C3=C(N=c4s/c(=C/c5cccc(OCc6ccc(Cl)cc6Cl)c5)c(=O)n42)c2ccccc2CC3)cc1. The molecule has 1 atom stereocenters. The molecular formula is C35H26Cl2N2O3S. The van der Waals surface area contributed by atoms with E-state index in [1.807, 2.05) is 65.2 Å². The lowest BCUT2D eigenvalue weighted by Gasteiger charge is -2.30. The number of fused-ring (bicyclic) bond motifs is 3. The minimum absolute atomic E-state index is 0.0609. The van der Waals surface area contributed by atoms with E-state index >= 15 is 0 Å². The van der Waals surface area contributed by atoms with Crippen molar-refractivity contribution in [3.05, 3.63) is 154 Å². The summed E-state index contributed by atoms with van der Waals surface area (Å²) in [7, 11) is 1.66. The Morgan fingerprint density at radius 1 is 0.953 bits per heavy atom. The Morgan fingerprint density at radius 3 is 2.60 bits per heavy atom. The fourth-order valence-electron chi connectivity index (χ4n) is 5.75. The topological polar surface area (TPSA) is 52.8 Å². The molecule has 1 aromatic heterocycles. The van der Waals surface area contributed by atoms with Gasteiger partial charge < -0.3 is 9.47 Å². The van der Waals surface area contributed by atoms with Gasteiger partial charge in [-0.1, -0.05) is 89.1 Å². The van der Waals surface area contributed by atoms with Crippen LogP contribution in [0.25, 0.3) is 11.8 Å². The van der Waals surface area contributed by atoms with Crippen LogP contribution < -0.4 is 24.4 Å². The molecular weight excluding hydrogens is 599 g/mol. The molecule has 2 heterocycles. The average molecular weight is 626 g/mol. The summed E-state index contributed by atoms with van der Waals surface area (Å²) in [6, 6.07) is 29.2. The average Bonchev–Trinajstić information content (AvgIpc) is 3.33. The molecule has 0 saturated heterocycles. The first-order valence-corrected chi connectivity index (χ1v) is 15.5. The molecule has 0 fully saturated rings. The lowest BCUT2D eigenvalue weighted by Crippen LogP contribution is -2.38. The number of hydrogen-bond acceptors (Lipinski definition) is 5. The molecule has 1 aliphatic heterocycles. The molecule has 0 N–H and O–H groups in total. The molecule has 214 valence electrons. The van der Waals surface area contributed by atoms with Gasteiger partial charge >= 0.3 is 0 Å². The van der Waals surface area contributed by atoms with Gasteiger partial charge in [0.05, 0.1) is 23.4 Å². The Kier molecular flexibility index (Phi) is 7.43. The lowest BCUT2D eigenvalue weighted by atomic mass is 9.83. The Labute approximate surface area is 262 Å². The monoisotopic (exact) mass is 624 g/mol. The molecule has 0 spiro atoms. The van der Waals surface area contributed by atoms with Crippen molar-refractivity contribution in [2.24, 2.45) is 4.99 Å². The van der Waals surface area contributed by atoms with Crippen LogP contribution in [0, 0.1) is 0 Å². The molecule has 0 unspecified atom stereocenters. The van der Waals surface area contributed by atoms with Crippen LogP contribution in [-0.2, 0) is 13.0 Å². The Balaban J connectivity index is 1.30. The number of aryl methyl sites for hydroxylation is 1.